The monoisotopic (exact) mass is 403 g/mol. The molecular weight excluding hydrogens is 385 g/mol. The van der Waals surface area contributed by atoms with E-state index in [0.29, 0.717) is 23.0 Å². The number of anilines is 1. The van der Waals surface area contributed by atoms with Crippen molar-refractivity contribution in [2.45, 2.75) is 18.9 Å². The first-order chi connectivity index (χ1) is 13.1. The summed E-state index contributed by atoms with van der Waals surface area (Å²) >= 11 is 7.50. The third-order valence-electron chi connectivity index (χ3n) is 4.81. The van der Waals surface area contributed by atoms with Gasteiger partial charge in [-0.1, -0.05) is 11.6 Å². The van der Waals surface area contributed by atoms with E-state index in [9.17, 15) is 9.18 Å². The van der Waals surface area contributed by atoms with Gasteiger partial charge in [0.15, 0.2) is 0 Å². The number of amides is 1. The highest BCUT2D eigenvalue weighted by atomic mass is 35.5. The highest BCUT2D eigenvalue weighted by Gasteiger charge is 2.26. The summed E-state index contributed by atoms with van der Waals surface area (Å²) in [7, 11) is 0. The van der Waals surface area contributed by atoms with Crippen molar-refractivity contribution < 1.29 is 9.18 Å². The fourth-order valence-corrected chi connectivity index (χ4v) is 4.46. The minimum Gasteiger partial charge on any atom is -0.382 e. The number of hydrogen-bond donors (Lipinski definition) is 2. The maximum Gasteiger partial charge on any atom is 0.256 e. The molecule has 1 amide bonds. The van der Waals surface area contributed by atoms with E-state index in [-0.39, 0.29) is 17.8 Å². The Morgan fingerprint density at radius 2 is 1.89 bits per heavy atom. The lowest BCUT2D eigenvalue weighted by Crippen LogP contribution is -2.42. The third-order valence-corrected chi connectivity index (χ3v) is 6.08. The number of benzene rings is 1. The molecule has 7 heteroatoms. The van der Waals surface area contributed by atoms with E-state index in [0.717, 1.165) is 29.0 Å². The van der Waals surface area contributed by atoms with Crippen LogP contribution < -0.4 is 5.32 Å². The molecule has 0 bridgehead atoms. The molecule has 0 aliphatic carbocycles. The molecule has 3 aromatic rings. The maximum absolute atomic E-state index is 13.0. The van der Waals surface area contributed by atoms with E-state index in [2.05, 4.69) is 10.3 Å². The van der Waals surface area contributed by atoms with Crippen LogP contribution in [0, 0.1) is 5.82 Å². The molecule has 0 radical (unpaired) electrons. The summed E-state index contributed by atoms with van der Waals surface area (Å²) < 4.78 is 13.7. The van der Waals surface area contributed by atoms with Crippen LogP contribution in [0.25, 0.3) is 10.4 Å². The summed E-state index contributed by atoms with van der Waals surface area (Å²) in [5, 5.41) is 3.42. The Labute approximate surface area is 166 Å². The Kier molecular flexibility index (Phi) is 5.18. The first-order valence-corrected chi connectivity index (χ1v) is 10.0. The number of likely N-dealkylation sites (tertiary alicyclic amines) is 1. The van der Waals surface area contributed by atoms with Gasteiger partial charge in [-0.25, -0.2) is 4.39 Å². The molecule has 140 valence electrons. The predicted octanol–water partition coefficient (Wildman–Crippen LogP) is 5.25. The summed E-state index contributed by atoms with van der Waals surface area (Å²) in [6.45, 7) is 1.38. The fraction of sp³-hybridized carbons (Fsp3) is 0.250. The molecule has 4 nitrogen and oxygen atoms in total. The van der Waals surface area contributed by atoms with Crippen molar-refractivity contribution in [2.24, 2.45) is 0 Å². The van der Waals surface area contributed by atoms with Gasteiger partial charge in [-0.05, 0) is 49.2 Å². The number of H-pyrrole nitrogens is 1. The number of halogens is 2. The Morgan fingerprint density at radius 3 is 2.56 bits per heavy atom. The SMILES string of the molecule is O=C(c1c[nH]cc1-c1ccc(Cl)s1)N1CCC(Nc2ccc(F)cc2)CC1. The van der Waals surface area contributed by atoms with Gasteiger partial charge in [0.25, 0.3) is 5.91 Å². The molecular formula is C20H19ClFN3OS. The number of nitrogens with one attached hydrogen (secondary N) is 2. The lowest BCUT2D eigenvalue weighted by molar-refractivity contribution is 0.0719. The molecule has 0 saturated carbocycles. The van der Waals surface area contributed by atoms with E-state index in [4.69, 9.17) is 11.6 Å². The zero-order valence-corrected chi connectivity index (χ0v) is 16.1. The number of aromatic nitrogens is 1. The van der Waals surface area contributed by atoms with Crippen molar-refractivity contribution in [1.29, 1.82) is 0 Å². The zero-order valence-electron chi connectivity index (χ0n) is 14.5. The van der Waals surface area contributed by atoms with Gasteiger partial charge in [-0.2, -0.15) is 0 Å². The van der Waals surface area contributed by atoms with Crippen LogP contribution in [0.2, 0.25) is 4.34 Å². The van der Waals surface area contributed by atoms with Gasteiger partial charge >= 0.3 is 0 Å². The molecule has 1 saturated heterocycles. The molecule has 0 spiro atoms. The topological polar surface area (TPSA) is 48.1 Å². The van der Waals surface area contributed by atoms with Crippen molar-refractivity contribution >= 4 is 34.5 Å². The van der Waals surface area contributed by atoms with Gasteiger partial charge in [0, 0.05) is 47.7 Å². The third kappa shape index (κ3) is 4.01. The second-order valence-electron chi connectivity index (χ2n) is 6.60. The Balaban J connectivity index is 1.39. The van der Waals surface area contributed by atoms with E-state index in [1.54, 1.807) is 18.3 Å². The number of thiophene rings is 1. The molecule has 0 atom stereocenters. The molecule has 4 rings (SSSR count). The number of piperidine rings is 1. The Hall–Kier alpha value is -2.31. The summed E-state index contributed by atoms with van der Waals surface area (Å²) in [5.74, 6) is -0.202. The minimum atomic E-state index is -0.240. The van der Waals surface area contributed by atoms with Crippen molar-refractivity contribution in [1.82, 2.24) is 9.88 Å². The van der Waals surface area contributed by atoms with Gasteiger partial charge in [-0.15, -0.1) is 11.3 Å². The zero-order chi connectivity index (χ0) is 18.8. The number of carbonyl (C=O) groups is 1. The van der Waals surface area contributed by atoms with E-state index >= 15 is 0 Å². The number of aromatic amines is 1. The number of nitrogens with zero attached hydrogens (tertiary/aromatic N) is 1. The van der Waals surface area contributed by atoms with Crippen molar-refractivity contribution in [3.05, 3.63) is 64.5 Å². The molecule has 1 aromatic carbocycles. The van der Waals surface area contributed by atoms with Crippen LogP contribution in [0.15, 0.2) is 48.8 Å². The van der Waals surface area contributed by atoms with Gasteiger partial charge in [0.1, 0.15) is 5.82 Å². The maximum atomic E-state index is 13.0. The van der Waals surface area contributed by atoms with Crippen LogP contribution in [0.4, 0.5) is 10.1 Å². The van der Waals surface area contributed by atoms with Gasteiger partial charge < -0.3 is 15.2 Å². The normalized spacial score (nSPS) is 15.1. The number of rotatable bonds is 4. The first kappa shape index (κ1) is 18.1. The lowest BCUT2D eigenvalue weighted by Gasteiger charge is -2.33. The lowest BCUT2D eigenvalue weighted by atomic mass is 10.0. The predicted molar refractivity (Wildman–Crippen MR) is 108 cm³/mol. The summed E-state index contributed by atoms with van der Waals surface area (Å²) in [4.78, 5) is 18.9. The molecule has 1 aliphatic heterocycles. The second kappa shape index (κ2) is 7.74. The van der Waals surface area contributed by atoms with Crippen molar-refractivity contribution in [3.63, 3.8) is 0 Å². The average Bonchev–Trinajstić information content (AvgIpc) is 3.32. The van der Waals surface area contributed by atoms with Crippen LogP contribution >= 0.6 is 22.9 Å². The van der Waals surface area contributed by atoms with Crippen LogP contribution in [0.1, 0.15) is 23.2 Å². The van der Waals surface area contributed by atoms with Gasteiger partial charge in [0.2, 0.25) is 0 Å². The molecule has 1 aliphatic rings. The Bertz CT molecular complexity index is 929. The molecule has 27 heavy (non-hydrogen) atoms. The molecule has 1 fully saturated rings. The van der Waals surface area contributed by atoms with Crippen molar-refractivity contribution in [3.8, 4) is 10.4 Å². The molecule has 2 aromatic heterocycles. The van der Waals surface area contributed by atoms with Crippen molar-refractivity contribution in [2.75, 3.05) is 18.4 Å². The second-order valence-corrected chi connectivity index (χ2v) is 8.32. The largest absolute Gasteiger partial charge is 0.382 e. The Morgan fingerprint density at radius 1 is 1.15 bits per heavy atom. The van der Waals surface area contributed by atoms with Gasteiger partial charge in [0.05, 0.1) is 9.90 Å². The van der Waals surface area contributed by atoms with E-state index in [1.807, 2.05) is 23.2 Å². The van der Waals surface area contributed by atoms with E-state index in [1.165, 1.54) is 23.5 Å². The standard InChI is InChI=1S/C20H19ClFN3OS/c21-19-6-5-18(27-19)16-11-23-12-17(16)20(26)25-9-7-15(8-10-25)24-14-3-1-13(22)2-4-14/h1-6,11-12,15,23-24H,7-10H2. The van der Waals surface area contributed by atoms with Crippen LogP contribution in [0.3, 0.4) is 0 Å². The minimum absolute atomic E-state index is 0.0380. The first-order valence-electron chi connectivity index (χ1n) is 8.84. The number of hydrogen-bond acceptors (Lipinski definition) is 3. The summed E-state index contributed by atoms with van der Waals surface area (Å²) in [6.07, 6.45) is 5.31. The molecule has 3 heterocycles. The molecule has 2 N–H and O–H groups in total. The summed E-state index contributed by atoms with van der Waals surface area (Å²) in [6, 6.07) is 10.4. The van der Waals surface area contributed by atoms with E-state index < -0.39 is 0 Å². The molecule has 0 unspecified atom stereocenters. The fourth-order valence-electron chi connectivity index (χ4n) is 3.38. The van der Waals surface area contributed by atoms with Crippen LogP contribution in [-0.2, 0) is 0 Å². The van der Waals surface area contributed by atoms with Gasteiger partial charge in [-0.3, -0.25) is 4.79 Å². The average molecular weight is 404 g/mol. The smallest absolute Gasteiger partial charge is 0.256 e. The highest BCUT2D eigenvalue weighted by Crippen LogP contribution is 2.33. The summed E-state index contributed by atoms with van der Waals surface area (Å²) in [5.41, 5.74) is 2.48. The highest BCUT2D eigenvalue weighted by molar-refractivity contribution is 7.19. The van der Waals surface area contributed by atoms with Crippen LogP contribution in [-0.4, -0.2) is 34.9 Å². The number of carbonyl (C=O) groups excluding carboxylic acids is 1. The quantitative estimate of drug-likeness (QED) is 0.624. The van der Waals surface area contributed by atoms with Crippen LogP contribution in [0.5, 0.6) is 0 Å².